The predicted molar refractivity (Wildman–Crippen MR) is 125 cm³/mol. The number of piperidine rings is 2. The highest BCUT2D eigenvalue weighted by molar-refractivity contribution is 5.81. The van der Waals surface area contributed by atoms with Crippen LogP contribution in [0.1, 0.15) is 58.1 Å². The Morgan fingerprint density at radius 2 is 1.90 bits per heavy atom. The highest BCUT2D eigenvalue weighted by Crippen LogP contribution is 2.47. The average Bonchev–Trinajstić information content (AvgIpc) is 2.71. The molecule has 0 saturated carbocycles. The van der Waals surface area contributed by atoms with E-state index in [1.165, 1.54) is 11.1 Å². The van der Waals surface area contributed by atoms with Crippen molar-refractivity contribution < 1.29 is 9.90 Å². The molecule has 1 aromatic carbocycles. The van der Waals surface area contributed by atoms with Crippen molar-refractivity contribution in [3.05, 3.63) is 29.3 Å². The van der Waals surface area contributed by atoms with Crippen molar-refractivity contribution in [3.8, 4) is 5.75 Å². The number of phenols is 1. The molecule has 1 aromatic rings. The van der Waals surface area contributed by atoms with E-state index < -0.39 is 0 Å². The number of rotatable bonds is 3. The van der Waals surface area contributed by atoms with E-state index in [0.717, 1.165) is 51.9 Å². The van der Waals surface area contributed by atoms with Crippen molar-refractivity contribution in [1.82, 2.24) is 14.7 Å². The van der Waals surface area contributed by atoms with E-state index >= 15 is 0 Å². The zero-order chi connectivity index (χ0) is 22.6. The molecule has 3 aliphatic rings. The molecule has 0 aromatic heterocycles. The molecule has 0 spiro atoms. The number of likely N-dealkylation sites (tertiary alicyclic amines) is 2. The minimum Gasteiger partial charge on any atom is -0.508 e. The molecule has 2 heterocycles. The van der Waals surface area contributed by atoms with Gasteiger partial charge in [-0.25, -0.2) is 0 Å². The number of aromatic hydroxyl groups is 1. The number of hydrogen-bond donors (Lipinski definition) is 1. The first-order valence-corrected chi connectivity index (χ1v) is 12.0. The van der Waals surface area contributed by atoms with E-state index in [1.807, 2.05) is 32.9 Å². The topological polar surface area (TPSA) is 47.0 Å². The standard InChI is InChI=1S/C26H41N3O2/c1-25(2,3)24(31)29-12-9-18(10-13-29)17-28(6)23-22-15-19-7-8-20(30)16-21(19)26(23,4)11-14-27(22)5/h7-8,16,18,22-23,30H,9-15,17H2,1-6H3/t22-,23+,26-/m1/s1. The van der Waals surface area contributed by atoms with E-state index in [4.69, 9.17) is 0 Å². The van der Waals surface area contributed by atoms with E-state index in [0.29, 0.717) is 23.8 Å². The molecule has 5 heteroatoms. The fourth-order valence-electron chi connectivity index (χ4n) is 6.54. The molecule has 3 atom stereocenters. The zero-order valence-corrected chi connectivity index (χ0v) is 20.3. The lowest BCUT2D eigenvalue weighted by atomic mass is 9.61. The molecule has 5 nitrogen and oxygen atoms in total. The molecule has 2 aliphatic heterocycles. The number of hydrogen-bond acceptors (Lipinski definition) is 4. The SMILES string of the molecule is CN1CC[C@]2(C)c3cc(O)ccc3C[C@@H]1[C@@H]2N(C)CC1CCN(C(=O)C(C)(C)C)CC1. The quantitative estimate of drug-likeness (QED) is 0.802. The summed E-state index contributed by atoms with van der Waals surface area (Å²) < 4.78 is 0. The van der Waals surface area contributed by atoms with Gasteiger partial charge in [-0.3, -0.25) is 4.79 Å². The second kappa shape index (κ2) is 8.08. The second-order valence-corrected chi connectivity index (χ2v) is 11.6. The van der Waals surface area contributed by atoms with Crippen LogP contribution >= 0.6 is 0 Å². The zero-order valence-electron chi connectivity index (χ0n) is 20.3. The van der Waals surface area contributed by atoms with E-state index in [2.05, 4.69) is 41.8 Å². The van der Waals surface area contributed by atoms with Gasteiger partial charge in [-0.15, -0.1) is 0 Å². The third-order valence-corrected chi connectivity index (χ3v) is 8.27. The molecule has 0 unspecified atom stereocenters. The van der Waals surface area contributed by atoms with Crippen molar-refractivity contribution >= 4 is 5.91 Å². The molecule has 1 aliphatic carbocycles. The van der Waals surface area contributed by atoms with Gasteiger partial charge in [0.25, 0.3) is 0 Å². The first kappa shape index (κ1) is 22.6. The Hall–Kier alpha value is -1.59. The Morgan fingerprint density at radius 1 is 1.23 bits per heavy atom. The molecule has 2 bridgehead atoms. The van der Waals surface area contributed by atoms with E-state index in [1.54, 1.807) is 0 Å². The lowest BCUT2D eigenvalue weighted by molar-refractivity contribution is -0.141. The van der Waals surface area contributed by atoms with Gasteiger partial charge in [0, 0.05) is 42.5 Å². The van der Waals surface area contributed by atoms with Gasteiger partial charge in [-0.05, 0) is 75.5 Å². The highest BCUT2D eigenvalue weighted by Gasteiger charge is 2.51. The van der Waals surface area contributed by atoms with Gasteiger partial charge in [0.15, 0.2) is 0 Å². The number of carbonyl (C=O) groups excluding carboxylic acids is 1. The summed E-state index contributed by atoms with van der Waals surface area (Å²) in [6, 6.07) is 6.94. The van der Waals surface area contributed by atoms with Crippen LogP contribution in [0.3, 0.4) is 0 Å². The summed E-state index contributed by atoms with van der Waals surface area (Å²) in [7, 11) is 4.57. The van der Waals surface area contributed by atoms with Crippen LogP contribution in [0.25, 0.3) is 0 Å². The summed E-state index contributed by atoms with van der Waals surface area (Å²) in [6.07, 6.45) is 4.35. The fourth-order valence-corrected chi connectivity index (χ4v) is 6.54. The number of nitrogens with zero attached hydrogens (tertiary/aromatic N) is 3. The van der Waals surface area contributed by atoms with Crippen LogP contribution < -0.4 is 0 Å². The number of phenolic OH excluding ortho intramolecular Hbond substituents is 1. The number of likely N-dealkylation sites (N-methyl/N-ethyl adjacent to an activating group) is 2. The second-order valence-electron chi connectivity index (χ2n) is 11.6. The van der Waals surface area contributed by atoms with Crippen LogP contribution in [-0.4, -0.2) is 78.1 Å². The van der Waals surface area contributed by atoms with Gasteiger partial charge in [0.2, 0.25) is 5.91 Å². The molecule has 2 saturated heterocycles. The van der Waals surface area contributed by atoms with Gasteiger partial charge >= 0.3 is 0 Å². The summed E-state index contributed by atoms with van der Waals surface area (Å²) in [5, 5.41) is 10.2. The van der Waals surface area contributed by atoms with Crippen molar-refractivity contribution in [2.45, 2.75) is 70.9 Å². The van der Waals surface area contributed by atoms with Gasteiger partial charge < -0.3 is 19.8 Å². The third-order valence-electron chi connectivity index (χ3n) is 8.27. The summed E-state index contributed by atoms with van der Waals surface area (Å²) >= 11 is 0. The van der Waals surface area contributed by atoms with Crippen LogP contribution in [0.2, 0.25) is 0 Å². The van der Waals surface area contributed by atoms with Crippen molar-refractivity contribution in [2.24, 2.45) is 11.3 Å². The van der Waals surface area contributed by atoms with Gasteiger partial charge in [0.05, 0.1) is 0 Å². The summed E-state index contributed by atoms with van der Waals surface area (Å²) in [5.41, 5.74) is 2.51. The Balaban J connectivity index is 1.48. The number of amides is 1. The molecule has 1 amide bonds. The lowest BCUT2D eigenvalue weighted by Crippen LogP contribution is -2.66. The molecule has 2 fully saturated rings. The normalized spacial score (nSPS) is 29.8. The maximum atomic E-state index is 12.6. The minimum absolute atomic E-state index is 0.0567. The molecule has 172 valence electrons. The van der Waals surface area contributed by atoms with Gasteiger partial charge in [-0.2, -0.15) is 0 Å². The molecule has 4 rings (SSSR count). The van der Waals surface area contributed by atoms with Crippen molar-refractivity contribution in [1.29, 1.82) is 0 Å². The minimum atomic E-state index is -0.290. The third kappa shape index (κ3) is 4.11. The molecule has 1 N–H and O–H groups in total. The summed E-state index contributed by atoms with van der Waals surface area (Å²) in [4.78, 5) is 19.9. The summed E-state index contributed by atoms with van der Waals surface area (Å²) in [6.45, 7) is 12.4. The van der Waals surface area contributed by atoms with Crippen LogP contribution in [0.15, 0.2) is 18.2 Å². The first-order chi connectivity index (χ1) is 14.5. The smallest absolute Gasteiger partial charge is 0.227 e. The Bertz CT molecular complexity index is 824. The molecule has 0 radical (unpaired) electrons. The largest absolute Gasteiger partial charge is 0.508 e. The summed E-state index contributed by atoms with van der Waals surface area (Å²) in [5.74, 6) is 1.30. The number of carbonyl (C=O) groups is 1. The average molecular weight is 428 g/mol. The van der Waals surface area contributed by atoms with E-state index in [-0.39, 0.29) is 16.7 Å². The van der Waals surface area contributed by atoms with Gasteiger partial charge in [-0.1, -0.05) is 33.8 Å². The molecular weight excluding hydrogens is 386 g/mol. The van der Waals surface area contributed by atoms with E-state index in [9.17, 15) is 9.90 Å². The van der Waals surface area contributed by atoms with Crippen LogP contribution in [0.5, 0.6) is 5.75 Å². The maximum Gasteiger partial charge on any atom is 0.227 e. The lowest BCUT2D eigenvalue weighted by Gasteiger charge is -2.58. The van der Waals surface area contributed by atoms with Crippen molar-refractivity contribution in [3.63, 3.8) is 0 Å². The van der Waals surface area contributed by atoms with Gasteiger partial charge in [0.1, 0.15) is 5.75 Å². The molecular formula is C26H41N3O2. The Morgan fingerprint density at radius 3 is 2.55 bits per heavy atom. The Kier molecular flexibility index (Phi) is 5.89. The number of fused-ring (bicyclic) bond motifs is 4. The first-order valence-electron chi connectivity index (χ1n) is 12.0. The maximum absolute atomic E-state index is 12.6. The number of benzene rings is 1. The fraction of sp³-hybridized carbons (Fsp3) is 0.731. The van der Waals surface area contributed by atoms with Crippen LogP contribution in [0.4, 0.5) is 0 Å². The Labute approximate surface area is 188 Å². The van der Waals surface area contributed by atoms with Crippen LogP contribution in [0, 0.1) is 11.3 Å². The monoisotopic (exact) mass is 427 g/mol. The predicted octanol–water partition coefficient (Wildman–Crippen LogP) is 3.50. The van der Waals surface area contributed by atoms with Crippen LogP contribution in [-0.2, 0) is 16.6 Å². The molecule has 31 heavy (non-hydrogen) atoms. The highest BCUT2D eigenvalue weighted by atomic mass is 16.3. The van der Waals surface area contributed by atoms with Crippen molar-refractivity contribution in [2.75, 3.05) is 40.3 Å².